The van der Waals surface area contributed by atoms with Gasteiger partial charge in [-0.1, -0.05) is 67.0 Å². The van der Waals surface area contributed by atoms with Crippen LogP contribution in [0.1, 0.15) is 58.9 Å². The number of amides is 2. The second kappa shape index (κ2) is 8.58. The van der Waals surface area contributed by atoms with Crippen molar-refractivity contribution in [1.29, 1.82) is 0 Å². The Labute approximate surface area is 228 Å². The van der Waals surface area contributed by atoms with E-state index < -0.39 is 0 Å². The summed E-state index contributed by atoms with van der Waals surface area (Å²) in [6.07, 6.45) is 8.27. The molecule has 1 fully saturated rings. The molecule has 6 nitrogen and oxygen atoms in total. The first-order valence-electron chi connectivity index (χ1n) is 13.4. The number of para-hydroxylation sites is 1. The van der Waals surface area contributed by atoms with E-state index in [4.69, 9.17) is 4.98 Å². The fourth-order valence-corrected chi connectivity index (χ4v) is 7.29. The maximum absolute atomic E-state index is 13.7. The Morgan fingerprint density at radius 1 is 0.769 bits per heavy atom. The molecule has 0 saturated heterocycles. The lowest BCUT2D eigenvalue weighted by Gasteiger charge is -2.26. The summed E-state index contributed by atoms with van der Waals surface area (Å²) < 4.78 is 3.28. The Kier molecular flexibility index (Phi) is 4.97. The minimum atomic E-state index is -0.337. The van der Waals surface area contributed by atoms with Gasteiger partial charge in [0.25, 0.3) is 11.8 Å². The van der Waals surface area contributed by atoms with E-state index in [9.17, 15) is 9.59 Å². The van der Waals surface area contributed by atoms with Crippen LogP contribution in [0.25, 0.3) is 43.1 Å². The Morgan fingerprint density at radius 2 is 1.56 bits per heavy atom. The Morgan fingerprint density at radius 3 is 2.41 bits per heavy atom. The Balaban J connectivity index is 1.23. The molecule has 6 aromatic rings. The molecule has 0 spiro atoms. The zero-order valence-corrected chi connectivity index (χ0v) is 21.9. The molecule has 2 aliphatic rings. The molecule has 0 N–H and O–H groups in total. The number of fused-ring (bicyclic) bond motifs is 2. The summed E-state index contributed by atoms with van der Waals surface area (Å²) in [5.74, 6) is -0.674. The van der Waals surface area contributed by atoms with E-state index in [1.54, 1.807) is 6.07 Å². The highest BCUT2D eigenvalue weighted by Crippen LogP contribution is 2.40. The van der Waals surface area contributed by atoms with Gasteiger partial charge in [0.1, 0.15) is 0 Å². The van der Waals surface area contributed by atoms with Gasteiger partial charge in [-0.15, -0.1) is 0 Å². The quantitative estimate of drug-likeness (QED) is 0.220. The first-order chi connectivity index (χ1) is 19.2. The molecule has 1 aliphatic heterocycles. The summed E-state index contributed by atoms with van der Waals surface area (Å²) in [6, 6.07) is 24.1. The van der Waals surface area contributed by atoms with Crippen molar-refractivity contribution in [3.63, 3.8) is 0 Å². The van der Waals surface area contributed by atoms with Gasteiger partial charge in [-0.05, 0) is 65.8 Å². The smallest absolute Gasteiger partial charge is 0.267 e. The van der Waals surface area contributed by atoms with Gasteiger partial charge in [0, 0.05) is 22.6 Å². The minimum absolute atomic E-state index is 0.337. The minimum Gasteiger partial charge on any atom is -0.327 e. The van der Waals surface area contributed by atoms with Crippen LogP contribution in [0.4, 0.5) is 5.13 Å². The number of benzene rings is 4. The zero-order valence-electron chi connectivity index (χ0n) is 21.1. The van der Waals surface area contributed by atoms with Crippen molar-refractivity contribution in [2.75, 3.05) is 4.90 Å². The number of rotatable bonds is 3. The lowest BCUT2D eigenvalue weighted by molar-refractivity contribution is 0.0893. The maximum Gasteiger partial charge on any atom is 0.267 e. The summed E-state index contributed by atoms with van der Waals surface area (Å²) in [6.45, 7) is 0. The molecule has 7 heteroatoms. The van der Waals surface area contributed by atoms with Crippen LogP contribution in [0, 0.1) is 0 Å². The van der Waals surface area contributed by atoms with Crippen LogP contribution in [0.3, 0.4) is 0 Å². The van der Waals surface area contributed by atoms with Gasteiger partial charge < -0.3 is 4.57 Å². The van der Waals surface area contributed by atoms with Gasteiger partial charge in [0.05, 0.1) is 27.6 Å². The number of imide groups is 1. The predicted molar refractivity (Wildman–Crippen MR) is 156 cm³/mol. The average Bonchev–Trinajstić information content (AvgIpc) is 3.60. The number of carbonyl (C=O) groups is 2. The van der Waals surface area contributed by atoms with E-state index in [-0.39, 0.29) is 11.8 Å². The molecule has 1 saturated carbocycles. The van der Waals surface area contributed by atoms with Crippen molar-refractivity contribution in [3.8, 4) is 11.1 Å². The van der Waals surface area contributed by atoms with E-state index in [2.05, 4.69) is 27.8 Å². The van der Waals surface area contributed by atoms with Gasteiger partial charge in [0.2, 0.25) is 5.13 Å². The molecule has 39 heavy (non-hydrogen) atoms. The van der Waals surface area contributed by atoms with Crippen LogP contribution >= 0.6 is 11.3 Å². The molecule has 2 amide bonds. The molecule has 190 valence electrons. The number of aromatic nitrogens is 3. The summed E-state index contributed by atoms with van der Waals surface area (Å²) in [5, 5.41) is 1.99. The predicted octanol–water partition coefficient (Wildman–Crippen LogP) is 7.77. The standard InChI is InChI=1S/C32H24N4O2S/c37-30-23-10-6-9-22-21(19-13-16-27-26(17-19)33-18-35(27)20-7-2-1-3-8-20)14-15-24(29(22)23)31(38)36(30)32-34-25-11-4-5-12-28(25)39-32/h4-6,9-18,20H,1-3,7-8H2. The van der Waals surface area contributed by atoms with E-state index in [0.717, 1.165) is 37.8 Å². The van der Waals surface area contributed by atoms with Crippen LogP contribution in [-0.4, -0.2) is 26.3 Å². The Hall–Kier alpha value is -4.36. The van der Waals surface area contributed by atoms with Crippen molar-refractivity contribution >= 4 is 60.3 Å². The van der Waals surface area contributed by atoms with Crippen molar-refractivity contribution in [2.45, 2.75) is 38.1 Å². The van der Waals surface area contributed by atoms with Crippen molar-refractivity contribution in [1.82, 2.24) is 14.5 Å². The average molecular weight is 529 g/mol. The van der Waals surface area contributed by atoms with Crippen LogP contribution in [0.2, 0.25) is 0 Å². The third kappa shape index (κ3) is 3.39. The third-order valence-corrected chi connectivity index (χ3v) is 9.26. The molecule has 0 radical (unpaired) electrons. The molecular weight excluding hydrogens is 504 g/mol. The number of anilines is 1. The van der Waals surface area contributed by atoms with Crippen LogP contribution in [-0.2, 0) is 0 Å². The highest BCUT2D eigenvalue weighted by atomic mass is 32.1. The van der Waals surface area contributed by atoms with E-state index in [0.29, 0.717) is 27.7 Å². The second-order valence-electron chi connectivity index (χ2n) is 10.4. The molecular formula is C32H24N4O2S. The van der Waals surface area contributed by atoms with Crippen molar-refractivity contribution in [2.24, 2.45) is 0 Å². The molecule has 8 rings (SSSR count). The molecule has 2 aromatic heterocycles. The van der Waals surface area contributed by atoms with E-state index in [1.807, 2.05) is 54.9 Å². The fourth-order valence-electron chi connectivity index (χ4n) is 6.33. The molecule has 0 atom stereocenters. The largest absolute Gasteiger partial charge is 0.327 e. The van der Waals surface area contributed by atoms with Crippen LogP contribution in [0.5, 0.6) is 0 Å². The van der Waals surface area contributed by atoms with Gasteiger partial charge in [0.15, 0.2) is 0 Å². The topological polar surface area (TPSA) is 68.1 Å². The molecule has 0 bridgehead atoms. The summed E-state index contributed by atoms with van der Waals surface area (Å²) in [7, 11) is 0. The Bertz CT molecular complexity index is 1910. The highest BCUT2D eigenvalue weighted by molar-refractivity contribution is 7.22. The van der Waals surface area contributed by atoms with Gasteiger partial charge >= 0.3 is 0 Å². The molecule has 1 aliphatic carbocycles. The maximum atomic E-state index is 13.7. The fraction of sp³-hybridized carbons (Fsp3) is 0.188. The summed E-state index contributed by atoms with van der Waals surface area (Å²) in [5.41, 5.74) is 5.95. The molecule has 0 unspecified atom stereocenters. The van der Waals surface area contributed by atoms with Crippen LogP contribution < -0.4 is 4.90 Å². The third-order valence-electron chi connectivity index (χ3n) is 8.24. The van der Waals surface area contributed by atoms with E-state index >= 15 is 0 Å². The lowest BCUT2D eigenvalue weighted by atomic mass is 9.89. The molecule has 3 heterocycles. The van der Waals surface area contributed by atoms with Crippen molar-refractivity contribution in [3.05, 3.63) is 90.3 Å². The monoisotopic (exact) mass is 528 g/mol. The number of hydrogen-bond acceptors (Lipinski definition) is 5. The zero-order chi connectivity index (χ0) is 26.1. The normalized spacial score (nSPS) is 16.2. The number of imidazole rings is 1. The van der Waals surface area contributed by atoms with Crippen molar-refractivity contribution < 1.29 is 9.59 Å². The van der Waals surface area contributed by atoms with Crippen LogP contribution in [0.15, 0.2) is 79.1 Å². The van der Waals surface area contributed by atoms with Gasteiger partial charge in [-0.2, -0.15) is 0 Å². The highest BCUT2D eigenvalue weighted by Gasteiger charge is 2.36. The lowest BCUT2D eigenvalue weighted by Crippen LogP contribution is -2.40. The SMILES string of the molecule is O=C1c2cccc3c(-c4ccc5c(c4)ncn5C4CCCCC4)ccc(c23)C(=O)N1c1nc2ccccc2s1. The number of nitrogens with zero attached hydrogens (tertiary/aromatic N) is 4. The van der Waals surface area contributed by atoms with Gasteiger partial charge in [-0.3, -0.25) is 9.59 Å². The number of hydrogen-bond donors (Lipinski definition) is 0. The summed E-state index contributed by atoms with van der Waals surface area (Å²) in [4.78, 5) is 38.0. The number of carbonyl (C=O) groups excluding carboxylic acids is 2. The number of thiazole rings is 1. The first-order valence-corrected chi connectivity index (χ1v) is 14.3. The summed E-state index contributed by atoms with van der Waals surface area (Å²) >= 11 is 1.35. The second-order valence-corrected chi connectivity index (χ2v) is 11.5. The molecule has 4 aromatic carbocycles. The van der Waals surface area contributed by atoms with E-state index in [1.165, 1.54) is 48.3 Å². The van der Waals surface area contributed by atoms with Gasteiger partial charge in [-0.25, -0.2) is 14.9 Å². The first kappa shape index (κ1) is 22.6.